The number of fused-ring (bicyclic) bond motifs is 1. The molecule has 0 saturated heterocycles. The Balaban J connectivity index is 1.56. The summed E-state index contributed by atoms with van der Waals surface area (Å²) in [6.45, 7) is 1.87. The molecule has 1 aromatic carbocycles. The van der Waals surface area contributed by atoms with Gasteiger partial charge < -0.3 is 20.2 Å². The first-order valence-corrected chi connectivity index (χ1v) is 8.53. The molecule has 2 unspecified atom stereocenters. The Morgan fingerprint density at radius 2 is 2.08 bits per heavy atom. The fraction of sp³-hybridized carbons (Fsp3) is 0.421. The largest absolute Gasteiger partial charge is 0.467 e. The van der Waals surface area contributed by atoms with Crippen molar-refractivity contribution in [3.8, 4) is 0 Å². The maximum absolute atomic E-state index is 12.2. The van der Waals surface area contributed by atoms with Gasteiger partial charge in [0, 0.05) is 18.2 Å². The number of aliphatic hydroxyl groups is 1. The van der Waals surface area contributed by atoms with E-state index in [0.29, 0.717) is 12.2 Å². The second-order valence-electron chi connectivity index (χ2n) is 6.42. The zero-order valence-corrected chi connectivity index (χ0v) is 13.9. The summed E-state index contributed by atoms with van der Waals surface area (Å²) in [5.41, 5.74) is 3.48. The Hall–Kier alpha value is -2.27. The van der Waals surface area contributed by atoms with Gasteiger partial charge in [-0.2, -0.15) is 0 Å². The van der Waals surface area contributed by atoms with Crippen molar-refractivity contribution < 1.29 is 14.3 Å². The van der Waals surface area contributed by atoms with Crippen molar-refractivity contribution >= 4 is 11.7 Å². The van der Waals surface area contributed by atoms with Crippen molar-refractivity contribution in [1.29, 1.82) is 0 Å². The molecule has 1 aliphatic rings. The number of rotatable bonds is 5. The summed E-state index contributed by atoms with van der Waals surface area (Å²) < 4.78 is 5.18. The van der Waals surface area contributed by atoms with Gasteiger partial charge >= 0.3 is 6.03 Å². The summed E-state index contributed by atoms with van der Waals surface area (Å²) in [6.07, 6.45) is 5.68. The van der Waals surface area contributed by atoms with Gasteiger partial charge in [0.05, 0.1) is 6.26 Å². The van der Waals surface area contributed by atoms with Crippen molar-refractivity contribution in [1.82, 2.24) is 5.32 Å². The van der Waals surface area contributed by atoms with Gasteiger partial charge in [-0.3, -0.25) is 0 Å². The third-order valence-corrected chi connectivity index (χ3v) is 4.47. The molecule has 0 radical (unpaired) electrons. The number of carbonyl (C=O) groups is 1. The normalized spacial score (nSPS) is 16.1. The monoisotopic (exact) mass is 328 g/mol. The summed E-state index contributed by atoms with van der Waals surface area (Å²) >= 11 is 0. The molecule has 24 heavy (non-hydrogen) atoms. The first-order chi connectivity index (χ1) is 11.6. The van der Waals surface area contributed by atoms with Crippen molar-refractivity contribution in [2.75, 3.05) is 5.32 Å². The molecule has 0 bridgehead atoms. The van der Waals surface area contributed by atoms with Crippen LogP contribution in [0.2, 0.25) is 0 Å². The van der Waals surface area contributed by atoms with Crippen LogP contribution in [0.3, 0.4) is 0 Å². The number of carbonyl (C=O) groups excluding carboxylic acids is 1. The number of anilines is 1. The van der Waals surface area contributed by atoms with Gasteiger partial charge in [-0.25, -0.2) is 4.79 Å². The molecule has 3 rings (SSSR count). The number of hydrogen-bond donors (Lipinski definition) is 3. The van der Waals surface area contributed by atoms with Gasteiger partial charge in [0.2, 0.25) is 0 Å². The molecule has 5 nitrogen and oxygen atoms in total. The molecule has 1 aliphatic carbocycles. The molecule has 1 heterocycles. The molecule has 5 heteroatoms. The first kappa shape index (κ1) is 16.6. The van der Waals surface area contributed by atoms with Crippen LogP contribution in [0.4, 0.5) is 10.5 Å². The molecule has 0 aliphatic heterocycles. The zero-order chi connectivity index (χ0) is 16.9. The molecule has 2 aromatic rings. The Kier molecular flexibility index (Phi) is 5.20. The van der Waals surface area contributed by atoms with Crippen LogP contribution >= 0.6 is 0 Å². The maximum atomic E-state index is 12.2. The number of nitrogens with one attached hydrogen (secondary N) is 2. The predicted octanol–water partition coefficient (Wildman–Crippen LogP) is 3.79. The van der Waals surface area contributed by atoms with Crippen molar-refractivity contribution in [2.24, 2.45) is 0 Å². The van der Waals surface area contributed by atoms with Crippen molar-refractivity contribution in [3.05, 3.63) is 53.5 Å². The van der Waals surface area contributed by atoms with Gasteiger partial charge in [0.1, 0.15) is 11.9 Å². The Morgan fingerprint density at radius 1 is 1.25 bits per heavy atom. The SMILES string of the molecule is CC(CC(O)c1ccco1)NC(=O)Nc1cccc2c1CCCC2. The molecular formula is C19H24N2O3. The van der Waals surface area contributed by atoms with E-state index >= 15 is 0 Å². The van der Waals surface area contributed by atoms with E-state index in [9.17, 15) is 9.90 Å². The van der Waals surface area contributed by atoms with Gasteiger partial charge in [0.15, 0.2) is 0 Å². The fourth-order valence-corrected chi connectivity index (χ4v) is 3.27. The molecule has 1 aromatic heterocycles. The van der Waals surface area contributed by atoms with E-state index in [0.717, 1.165) is 18.5 Å². The highest BCUT2D eigenvalue weighted by atomic mass is 16.4. The summed E-state index contributed by atoms with van der Waals surface area (Å²) in [7, 11) is 0. The lowest BCUT2D eigenvalue weighted by Gasteiger charge is -2.21. The van der Waals surface area contributed by atoms with Crippen LogP contribution in [0.15, 0.2) is 41.0 Å². The van der Waals surface area contributed by atoms with Crippen LogP contribution in [-0.4, -0.2) is 17.2 Å². The Labute approximate surface area is 142 Å². The lowest BCUT2D eigenvalue weighted by atomic mass is 9.90. The van der Waals surface area contributed by atoms with E-state index in [1.54, 1.807) is 12.1 Å². The minimum absolute atomic E-state index is 0.176. The summed E-state index contributed by atoms with van der Waals surface area (Å²) in [6, 6.07) is 9.13. The van der Waals surface area contributed by atoms with Crippen LogP contribution in [0.1, 0.15) is 49.2 Å². The molecule has 2 amide bonds. The fourth-order valence-electron chi connectivity index (χ4n) is 3.27. The highest BCUT2D eigenvalue weighted by Crippen LogP contribution is 2.27. The highest BCUT2D eigenvalue weighted by molar-refractivity contribution is 5.90. The molecule has 0 fully saturated rings. The molecule has 2 atom stereocenters. The number of furan rings is 1. The third kappa shape index (κ3) is 3.97. The molecule has 0 saturated carbocycles. The van der Waals surface area contributed by atoms with E-state index in [-0.39, 0.29) is 12.1 Å². The van der Waals surface area contributed by atoms with Gasteiger partial charge in [-0.15, -0.1) is 0 Å². The average Bonchev–Trinajstić information content (AvgIpc) is 3.09. The quantitative estimate of drug-likeness (QED) is 0.781. The summed E-state index contributed by atoms with van der Waals surface area (Å²) in [5.74, 6) is 0.515. The van der Waals surface area contributed by atoms with E-state index < -0.39 is 6.10 Å². The Bertz CT molecular complexity index is 682. The molecule has 128 valence electrons. The van der Waals surface area contributed by atoms with Crippen molar-refractivity contribution in [2.45, 2.75) is 51.2 Å². The zero-order valence-electron chi connectivity index (χ0n) is 13.9. The summed E-state index contributed by atoms with van der Waals surface area (Å²) in [4.78, 5) is 12.2. The van der Waals surface area contributed by atoms with Crippen LogP contribution < -0.4 is 10.6 Å². The van der Waals surface area contributed by atoms with E-state index in [1.165, 1.54) is 30.2 Å². The minimum atomic E-state index is -0.722. The second-order valence-corrected chi connectivity index (χ2v) is 6.42. The smallest absolute Gasteiger partial charge is 0.319 e. The number of urea groups is 1. The van der Waals surface area contributed by atoms with Crippen LogP contribution in [0.5, 0.6) is 0 Å². The molecular weight excluding hydrogens is 304 g/mol. The number of aliphatic hydroxyl groups excluding tert-OH is 1. The van der Waals surface area contributed by atoms with Gasteiger partial charge in [0.25, 0.3) is 0 Å². The number of hydrogen-bond acceptors (Lipinski definition) is 3. The second kappa shape index (κ2) is 7.53. The first-order valence-electron chi connectivity index (χ1n) is 8.53. The van der Waals surface area contributed by atoms with E-state index in [4.69, 9.17) is 4.42 Å². The van der Waals surface area contributed by atoms with E-state index in [2.05, 4.69) is 16.7 Å². The lowest BCUT2D eigenvalue weighted by Crippen LogP contribution is -2.37. The third-order valence-electron chi connectivity index (χ3n) is 4.47. The standard InChI is InChI=1S/C19H24N2O3/c1-13(12-17(22)18-10-5-11-24-18)20-19(23)21-16-9-4-7-14-6-2-3-8-15(14)16/h4-5,7,9-11,13,17,22H,2-3,6,8,12H2,1H3,(H2,20,21,23). The molecule has 3 N–H and O–H groups in total. The van der Waals surface area contributed by atoms with Crippen LogP contribution in [-0.2, 0) is 12.8 Å². The van der Waals surface area contributed by atoms with E-state index in [1.807, 2.05) is 19.1 Å². The average molecular weight is 328 g/mol. The number of benzene rings is 1. The lowest BCUT2D eigenvalue weighted by molar-refractivity contribution is 0.130. The van der Waals surface area contributed by atoms with Crippen LogP contribution in [0.25, 0.3) is 0 Å². The number of amides is 2. The minimum Gasteiger partial charge on any atom is -0.467 e. The highest BCUT2D eigenvalue weighted by Gasteiger charge is 2.18. The molecule has 0 spiro atoms. The summed E-state index contributed by atoms with van der Waals surface area (Å²) in [5, 5.41) is 15.9. The Morgan fingerprint density at radius 3 is 2.88 bits per heavy atom. The van der Waals surface area contributed by atoms with Crippen molar-refractivity contribution in [3.63, 3.8) is 0 Å². The van der Waals surface area contributed by atoms with Gasteiger partial charge in [-0.1, -0.05) is 12.1 Å². The predicted molar refractivity (Wildman–Crippen MR) is 93.0 cm³/mol. The number of aryl methyl sites for hydroxylation is 1. The topological polar surface area (TPSA) is 74.5 Å². The van der Waals surface area contributed by atoms with Crippen LogP contribution in [0, 0.1) is 0 Å². The van der Waals surface area contributed by atoms with Gasteiger partial charge in [-0.05, 0) is 61.9 Å². The maximum Gasteiger partial charge on any atom is 0.319 e.